The van der Waals surface area contributed by atoms with E-state index in [1.807, 2.05) is 20.8 Å². The maximum atomic E-state index is 11.4. The Morgan fingerprint density at radius 3 is 2.08 bits per heavy atom. The van der Waals surface area contributed by atoms with E-state index in [9.17, 15) is 8.42 Å². The van der Waals surface area contributed by atoms with E-state index in [1.165, 1.54) is 0 Å². The van der Waals surface area contributed by atoms with Gasteiger partial charge in [-0.15, -0.1) is 0 Å². The zero-order valence-corrected chi connectivity index (χ0v) is 9.87. The molecule has 0 rings (SSSR count). The van der Waals surface area contributed by atoms with Crippen molar-refractivity contribution in [2.45, 2.75) is 52.5 Å². The largest absolute Gasteiger partial charge is 0.212 e. The first-order valence-electron chi connectivity index (χ1n) is 4.84. The molecule has 0 spiro atoms. The zero-order chi connectivity index (χ0) is 10.5. The van der Waals surface area contributed by atoms with Gasteiger partial charge in [-0.25, -0.2) is 13.1 Å². The van der Waals surface area contributed by atoms with Gasteiger partial charge in [0.1, 0.15) is 0 Å². The first-order valence-corrected chi connectivity index (χ1v) is 6.50. The number of rotatable bonds is 6. The van der Waals surface area contributed by atoms with Gasteiger partial charge in [0.15, 0.2) is 0 Å². The summed E-state index contributed by atoms with van der Waals surface area (Å²) in [6.45, 7) is 7.76. The first kappa shape index (κ1) is 12.9. The lowest BCUT2D eigenvalue weighted by atomic mass is 10.0. The van der Waals surface area contributed by atoms with Crippen LogP contribution < -0.4 is 4.72 Å². The van der Waals surface area contributed by atoms with Crippen LogP contribution in [0.5, 0.6) is 0 Å². The molecular formula is C9H21NO2S. The number of hydrogen-bond donors (Lipinski definition) is 1. The summed E-state index contributed by atoms with van der Waals surface area (Å²) in [4.78, 5) is 0. The van der Waals surface area contributed by atoms with Crippen molar-refractivity contribution in [3.63, 3.8) is 0 Å². The predicted octanol–water partition coefficient (Wildman–Crippen LogP) is 1.89. The van der Waals surface area contributed by atoms with E-state index in [2.05, 4.69) is 11.6 Å². The molecule has 4 heteroatoms. The quantitative estimate of drug-likeness (QED) is 0.723. The van der Waals surface area contributed by atoms with Crippen LogP contribution in [-0.4, -0.2) is 19.7 Å². The van der Waals surface area contributed by atoms with E-state index in [4.69, 9.17) is 0 Å². The fourth-order valence-corrected chi connectivity index (χ4v) is 3.00. The van der Waals surface area contributed by atoms with E-state index in [0.717, 1.165) is 12.8 Å². The fraction of sp³-hybridized carbons (Fsp3) is 1.00. The van der Waals surface area contributed by atoms with E-state index in [1.54, 1.807) is 0 Å². The smallest absolute Gasteiger partial charge is 0.212 e. The Hall–Kier alpha value is -0.0900. The monoisotopic (exact) mass is 207 g/mol. The van der Waals surface area contributed by atoms with Crippen LogP contribution in [0.2, 0.25) is 0 Å². The van der Waals surface area contributed by atoms with Gasteiger partial charge in [0, 0.05) is 5.54 Å². The van der Waals surface area contributed by atoms with Crippen LogP contribution in [-0.2, 0) is 10.0 Å². The van der Waals surface area contributed by atoms with Crippen molar-refractivity contribution in [3.05, 3.63) is 0 Å². The van der Waals surface area contributed by atoms with Crippen molar-refractivity contribution < 1.29 is 8.42 Å². The van der Waals surface area contributed by atoms with Crippen LogP contribution in [0.4, 0.5) is 0 Å². The molecule has 0 aromatic carbocycles. The van der Waals surface area contributed by atoms with Crippen molar-refractivity contribution in [1.29, 1.82) is 0 Å². The SMILES string of the molecule is CCCC(C)(C)NS(=O)(=O)CCC. The van der Waals surface area contributed by atoms with Gasteiger partial charge in [0.2, 0.25) is 10.0 Å². The van der Waals surface area contributed by atoms with Gasteiger partial charge in [-0.1, -0.05) is 20.3 Å². The summed E-state index contributed by atoms with van der Waals surface area (Å²) in [5, 5.41) is 0. The molecule has 0 unspecified atom stereocenters. The van der Waals surface area contributed by atoms with Gasteiger partial charge in [-0.05, 0) is 26.7 Å². The number of nitrogens with one attached hydrogen (secondary N) is 1. The molecule has 0 atom stereocenters. The molecule has 1 N–H and O–H groups in total. The summed E-state index contributed by atoms with van der Waals surface area (Å²) in [6, 6.07) is 0. The molecule has 0 amide bonds. The molecule has 0 saturated carbocycles. The number of hydrogen-bond acceptors (Lipinski definition) is 2. The fourth-order valence-electron chi connectivity index (χ4n) is 1.42. The highest BCUT2D eigenvalue weighted by Gasteiger charge is 2.22. The second-order valence-corrected chi connectivity index (χ2v) is 5.90. The molecule has 0 aliphatic heterocycles. The molecule has 0 radical (unpaired) electrons. The molecule has 13 heavy (non-hydrogen) atoms. The summed E-state index contributed by atoms with van der Waals surface area (Å²) in [7, 11) is -3.06. The van der Waals surface area contributed by atoms with Gasteiger partial charge in [0.05, 0.1) is 5.75 Å². The standard InChI is InChI=1S/C9H21NO2S/c1-5-7-9(3,4)10-13(11,12)8-6-2/h10H,5-8H2,1-4H3. The third-order valence-electron chi connectivity index (χ3n) is 1.78. The molecule has 0 fully saturated rings. The Bertz CT molecular complexity index is 232. The minimum absolute atomic E-state index is 0.222. The molecule has 0 aromatic rings. The minimum atomic E-state index is -3.06. The van der Waals surface area contributed by atoms with Crippen molar-refractivity contribution in [3.8, 4) is 0 Å². The van der Waals surface area contributed by atoms with Gasteiger partial charge in [-0.2, -0.15) is 0 Å². The Balaban J connectivity index is 4.25. The van der Waals surface area contributed by atoms with E-state index >= 15 is 0 Å². The molecule has 0 aliphatic rings. The molecule has 3 nitrogen and oxygen atoms in total. The summed E-state index contributed by atoms with van der Waals surface area (Å²) < 4.78 is 25.5. The van der Waals surface area contributed by atoms with Crippen molar-refractivity contribution in [1.82, 2.24) is 4.72 Å². The normalized spacial score (nSPS) is 13.2. The van der Waals surface area contributed by atoms with Crippen LogP contribution in [0.15, 0.2) is 0 Å². The predicted molar refractivity (Wildman–Crippen MR) is 56.2 cm³/mol. The van der Waals surface area contributed by atoms with E-state index < -0.39 is 10.0 Å². The molecule has 80 valence electrons. The van der Waals surface area contributed by atoms with E-state index in [-0.39, 0.29) is 11.3 Å². The minimum Gasteiger partial charge on any atom is -0.212 e. The maximum absolute atomic E-state index is 11.4. The molecule has 0 saturated heterocycles. The molecular weight excluding hydrogens is 186 g/mol. The second-order valence-electron chi connectivity index (χ2n) is 4.05. The Morgan fingerprint density at radius 1 is 1.15 bits per heavy atom. The van der Waals surface area contributed by atoms with Crippen LogP contribution in [0, 0.1) is 0 Å². The molecule has 0 heterocycles. The Labute approximate surface area is 82.0 Å². The highest BCUT2D eigenvalue weighted by atomic mass is 32.2. The van der Waals surface area contributed by atoms with Gasteiger partial charge in [-0.3, -0.25) is 0 Å². The maximum Gasteiger partial charge on any atom is 0.212 e. The van der Waals surface area contributed by atoms with E-state index in [0.29, 0.717) is 6.42 Å². The Kier molecular flexibility index (Phi) is 4.92. The number of sulfonamides is 1. The summed E-state index contributed by atoms with van der Waals surface area (Å²) in [6.07, 6.45) is 2.52. The van der Waals surface area contributed by atoms with Crippen LogP contribution in [0.25, 0.3) is 0 Å². The van der Waals surface area contributed by atoms with Gasteiger partial charge in [0.25, 0.3) is 0 Å². The lowest BCUT2D eigenvalue weighted by molar-refractivity contribution is 0.417. The summed E-state index contributed by atoms with van der Waals surface area (Å²) >= 11 is 0. The topological polar surface area (TPSA) is 46.2 Å². The second kappa shape index (κ2) is 4.96. The summed E-state index contributed by atoms with van der Waals surface area (Å²) in [5.41, 5.74) is -0.303. The highest BCUT2D eigenvalue weighted by molar-refractivity contribution is 7.89. The highest BCUT2D eigenvalue weighted by Crippen LogP contribution is 2.12. The molecule has 0 aliphatic carbocycles. The molecule has 0 bridgehead atoms. The third-order valence-corrected chi connectivity index (χ3v) is 3.59. The average molecular weight is 207 g/mol. The first-order chi connectivity index (χ1) is 5.83. The lowest BCUT2D eigenvalue weighted by Gasteiger charge is -2.25. The Morgan fingerprint density at radius 2 is 1.69 bits per heavy atom. The van der Waals surface area contributed by atoms with Gasteiger partial charge < -0.3 is 0 Å². The van der Waals surface area contributed by atoms with Crippen LogP contribution >= 0.6 is 0 Å². The van der Waals surface area contributed by atoms with Crippen LogP contribution in [0.3, 0.4) is 0 Å². The van der Waals surface area contributed by atoms with Crippen molar-refractivity contribution in [2.75, 3.05) is 5.75 Å². The molecule has 0 aromatic heterocycles. The summed E-state index contributed by atoms with van der Waals surface area (Å²) in [5.74, 6) is 0.222. The third kappa shape index (κ3) is 6.05. The van der Waals surface area contributed by atoms with Crippen molar-refractivity contribution >= 4 is 10.0 Å². The van der Waals surface area contributed by atoms with Crippen LogP contribution in [0.1, 0.15) is 47.0 Å². The average Bonchev–Trinajstić information content (AvgIpc) is 1.82. The lowest BCUT2D eigenvalue weighted by Crippen LogP contribution is -2.44. The zero-order valence-electron chi connectivity index (χ0n) is 9.05. The van der Waals surface area contributed by atoms with Gasteiger partial charge >= 0.3 is 0 Å². The van der Waals surface area contributed by atoms with Crippen molar-refractivity contribution in [2.24, 2.45) is 0 Å².